The highest BCUT2D eigenvalue weighted by atomic mass is 79.9. The number of nitrogens with one attached hydrogen (secondary N) is 1. The summed E-state index contributed by atoms with van der Waals surface area (Å²) < 4.78 is 2.61. The number of aromatic nitrogens is 3. The van der Waals surface area contributed by atoms with E-state index in [1.54, 1.807) is 17.8 Å². The first kappa shape index (κ1) is 20.8. The molecule has 10 heteroatoms. The summed E-state index contributed by atoms with van der Waals surface area (Å²) >= 11 is 4.73. The zero-order chi connectivity index (χ0) is 20.1. The Morgan fingerprint density at radius 2 is 2.14 bits per heavy atom. The van der Waals surface area contributed by atoms with Crippen LogP contribution >= 0.6 is 27.7 Å². The van der Waals surface area contributed by atoms with E-state index in [-0.39, 0.29) is 17.2 Å². The highest BCUT2D eigenvalue weighted by Gasteiger charge is 2.23. The number of hydrogen-bond acceptors (Lipinski definition) is 6. The Hall–Kier alpha value is -1.94. The lowest BCUT2D eigenvalue weighted by molar-refractivity contribution is -0.385. The second-order valence-corrected chi connectivity index (χ2v) is 8.32. The number of thioether (sulfide) groups is 1. The zero-order valence-corrected chi connectivity index (χ0v) is 18.0. The molecule has 1 aromatic carbocycles. The summed E-state index contributed by atoms with van der Waals surface area (Å²) in [5, 5.41) is 23.4. The summed E-state index contributed by atoms with van der Waals surface area (Å²) in [6.07, 6.45) is 8.28. The number of nitro groups is 1. The third-order valence-electron chi connectivity index (χ3n) is 4.88. The molecule has 1 aliphatic rings. The number of halogens is 1. The smallest absolute Gasteiger partial charge is 0.284 e. The molecule has 0 atom stereocenters. The van der Waals surface area contributed by atoms with Crippen molar-refractivity contribution in [1.29, 1.82) is 0 Å². The summed E-state index contributed by atoms with van der Waals surface area (Å²) in [6.45, 7) is 0.467. The molecule has 1 heterocycles. The number of aryl methyl sites for hydroxylation is 1. The lowest BCUT2D eigenvalue weighted by Crippen LogP contribution is -2.25. The molecule has 0 aliphatic heterocycles. The monoisotopic (exact) mass is 467 g/mol. The van der Waals surface area contributed by atoms with E-state index in [0.29, 0.717) is 17.1 Å². The zero-order valence-electron chi connectivity index (χ0n) is 15.6. The minimum atomic E-state index is -0.514. The highest BCUT2D eigenvalue weighted by Crippen LogP contribution is 2.33. The van der Waals surface area contributed by atoms with Crippen LogP contribution < -0.4 is 5.32 Å². The molecule has 0 saturated heterocycles. The van der Waals surface area contributed by atoms with Gasteiger partial charge in [0.15, 0.2) is 5.16 Å². The van der Waals surface area contributed by atoms with Crippen LogP contribution in [0.1, 0.15) is 54.3 Å². The van der Waals surface area contributed by atoms with Gasteiger partial charge >= 0.3 is 0 Å². The number of nitrogens with zero attached hydrogens (tertiary/aromatic N) is 4. The molecule has 8 nitrogen and oxygen atoms in total. The summed E-state index contributed by atoms with van der Waals surface area (Å²) in [5.74, 6) is 0.641. The van der Waals surface area contributed by atoms with Gasteiger partial charge < -0.3 is 9.88 Å². The number of carbonyl (C=O) groups excluding carboxylic acids is 1. The van der Waals surface area contributed by atoms with Crippen LogP contribution in [0.15, 0.2) is 27.8 Å². The van der Waals surface area contributed by atoms with Crippen LogP contribution in [-0.2, 0) is 6.42 Å². The van der Waals surface area contributed by atoms with E-state index >= 15 is 0 Å². The first-order valence-electron chi connectivity index (χ1n) is 9.21. The maximum atomic E-state index is 12.3. The molecule has 1 fully saturated rings. The van der Waals surface area contributed by atoms with E-state index in [0.717, 1.165) is 36.7 Å². The van der Waals surface area contributed by atoms with Crippen LogP contribution in [0, 0.1) is 10.1 Å². The molecule has 0 spiro atoms. The van der Waals surface area contributed by atoms with Crippen molar-refractivity contribution >= 4 is 39.3 Å². The molecule has 1 amide bonds. The second-order valence-electron chi connectivity index (χ2n) is 6.69. The standard InChI is InChI=1S/C18H22BrN5O3S/c1-28-18-22-21-16(23(18)13-5-2-3-6-13)7-4-10-20-17(25)12-8-9-14(19)15(11-12)24(26)27/h8-9,11,13H,2-7,10H2,1H3,(H,20,25). The van der Waals surface area contributed by atoms with Crippen molar-refractivity contribution < 1.29 is 9.72 Å². The molecule has 3 rings (SSSR count). The van der Waals surface area contributed by atoms with Crippen molar-refractivity contribution in [2.45, 2.75) is 49.7 Å². The van der Waals surface area contributed by atoms with Gasteiger partial charge in [-0.15, -0.1) is 10.2 Å². The molecule has 0 radical (unpaired) electrons. The minimum absolute atomic E-state index is 0.123. The number of amides is 1. The molecule has 0 unspecified atom stereocenters. The van der Waals surface area contributed by atoms with Crippen molar-refractivity contribution in [2.24, 2.45) is 0 Å². The van der Waals surface area contributed by atoms with Gasteiger partial charge in [-0.1, -0.05) is 24.6 Å². The Labute approximate surface area is 175 Å². The summed E-state index contributed by atoms with van der Waals surface area (Å²) in [6, 6.07) is 4.83. The van der Waals surface area contributed by atoms with E-state index in [9.17, 15) is 14.9 Å². The minimum Gasteiger partial charge on any atom is -0.352 e. The van der Waals surface area contributed by atoms with Gasteiger partial charge in [0, 0.05) is 30.6 Å². The largest absolute Gasteiger partial charge is 0.352 e. The van der Waals surface area contributed by atoms with Gasteiger partial charge in [0.25, 0.3) is 11.6 Å². The molecule has 1 aliphatic carbocycles. The topological polar surface area (TPSA) is 103 Å². The van der Waals surface area contributed by atoms with Crippen LogP contribution in [0.4, 0.5) is 5.69 Å². The Bertz CT molecular complexity index is 867. The molecule has 2 aromatic rings. The lowest BCUT2D eigenvalue weighted by atomic mass is 10.2. The molecule has 1 saturated carbocycles. The predicted molar refractivity (Wildman–Crippen MR) is 111 cm³/mol. The number of hydrogen-bond donors (Lipinski definition) is 1. The van der Waals surface area contributed by atoms with E-state index in [1.807, 2.05) is 6.26 Å². The molecule has 1 N–H and O–H groups in total. The summed E-state index contributed by atoms with van der Waals surface area (Å²) in [7, 11) is 0. The fraction of sp³-hybridized carbons (Fsp3) is 0.500. The third kappa shape index (κ3) is 4.72. The number of nitro benzene ring substituents is 1. The summed E-state index contributed by atoms with van der Waals surface area (Å²) in [5.41, 5.74) is 0.149. The maximum absolute atomic E-state index is 12.3. The first-order valence-corrected chi connectivity index (χ1v) is 11.2. The van der Waals surface area contributed by atoms with Gasteiger partial charge in [-0.05, 0) is 53.6 Å². The highest BCUT2D eigenvalue weighted by molar-refractivity contribution is 9.10. The summed E-state index contributed by atoms with van der Waals surface area (Å²) in [4.78, 5) is 22.8. The fourth-order valence-corrected chi connectivity index (χ4v) is 4.46. The van der Waals surface area contributed by atoms with E-state index in [4.69, 9.17) is 0 Å². The van der Waals surface area contributed by atoms with Gasteiger partial charge in [0.2, 0.25) is 0 Å². The van der Waals surface area contributed by atoms with E-state index in [1.165, 1.54) is 25.0 Å². The fourth-order valence-electron chi connectivity index (χ4n) is 3.49. The van der Waals surface area contributed by atoms with Gasteiger partial charge in [0.05, 0.1) is 9.40 Å². The molecule has 150 valence electrons. The average Bonchev–Trinajstić information content (AvgIpc) is 3.34. The van der Waals surface area contributed by atoms with E-state index < -0.39 is 4.92 Å². The SMILES string of the molecule is CSc1nnc(CCCNC(=O)c2ccc(Br)c([N+](=O)[O-])c2)n1C1CCCC1. The number of carbonyl (C=O) groups is 1. The first-order chi connectivity index (χ1) is 13.5. The molecular weight excluding hydrogens is 446 g/mol. The number of rotatable bonds is 8. The Kier molecular flexibility index (Phi) is 7.06. The van der Waals surface area contributed by atoms with Crippen molar-refractivity contribution in [3.05, 3.63) is 44.2 Å². The second kappa shape index (κ2) is 9.51. The lowest BCUT2D eigenvalue weighted by Gasteiger charge is -2.16. The maximum Gasteiger partial charge on any atom is 0.284 e. The quantitative estimate of drug-likeness (QED) is 0.270. The molecular formula is C18H22BrN5O3S. The van der Waals surface area contributed by atoms with E-state index in [2.05, 4.69) is 36.0 Å². The van der Waals surface area contributed by atoms with Crippen molar-refractivity contribution in [3.63, 3.8) is 0 Å². The molecule has 1 aromatic heterocycles. The van der Waals surface area contributed by atoms with Gasteiger partial charge in [0.1, 0.15) is 5.82 Å². The average molecular weight is 468 g/mol. The van der Waals surface area contributed by atoms with Crippen LogP contribution in [0.25, 0.3) is 0 Å². The normalized spacial score (nSPS) is 14.4. The Morgan fingerprint density at radius 3 is 2.82 bits per heavy atom. The van der Waals surface area contributed by atoms with Gasteiger partial charge in [-0.25, -0.2) is 0 Å². The van der Waals surface area contributed by atoms with Crippen molar-refractivity contribution in [3.8, 4) is 0 Å². The van der Waals surface area contributed by atoms with Crippen LogP contribution in [-0.4, -0.2) is 38.4 Å². The Balaban J connectivity index is 1.56. The van der Waals surface area contributed by atoms with Crippen molar-refractivity contribution in [1.82, 2.24) is 20.1 Å². The van der Waals surface area contributed by atoms with Crippen LogP contribution in [0.5, 0.6) is 0 Å². The van der Waals surface area contributed by atoms with Gasteiger partial charge in [-0.3, -0.25) is 14.9 Å². The Morgan fingerprint density at radius 1 is 1.39 bits per heavy atom. The predicted octanol–water partition coefficient (Wildman–Crippen LogP) is 4.15. The van der Waals surface area contributed by atoms with Gasteiger partial charge in [-0.2, -0.15) is 0 Å². The van der Waals surface area contributed by atoms with Crippen molar-refractivity contribution in [2.75, 3.05) is 12.8 Å². The molecule has 28 heavy (non-hydrogen) atoms. The van der Waals surface area contributed by atoms with Crippen LogP contribution in [0.3, 0.4) is 0 Å². The number of benzene rings is 1. The van der Waals surface area contributed by atoms with Crippen LogP contribution in [0.2, 0.25) is 0 Å². The third-order valence-corrected chi connectivity index (χ3v) is 6.19. The molecule has 0 bridgehead atoms.